The van der Waals surface area contributed by atoms with E-state index in [1.807, 2.05) is 29.2 Å². The Kier molecular flexibility index (Phi) is 6.53. The van der Waals surface area contributed by atoms with Crippen molar-refractivity contribution in [1.29, 1.82) is 0 Å². The predicted octanol–water partition coefficient (Wildman–Crippen LogP) is 3.77. The van der Waals surface area contributed by atoms with Crippen LogP contribution in [-0.2, 0) is 4.79 Å². The number of rotatable bonds is 6. The van der Waals surface area contributed by atoms with Gasteiger partial charge in [-0.1, -0.05) is 6.42 Å². The van der Waals surface area contributed by atoms with Crippen molar-refractivity contribution in [2.24, 2.45) is 17.6 Å². The van der Waals surface area contributed by atoms with Crippen LogP contribution in [0.25, 0.3) is 0 Å². The van der Waals surface area contributed by atoms with E-state index in [1.165, 1.54) is 12.8 Å². The molecular weight excluding hydrogens is 324 g/mol. The Morgan fingerprint density at radius 1 is 1.25 bits per heavy atom. The lowest BCUT2D eigenvalue weighted by molar-refractivity contribution is -0.120. The third kappa shape index (κ3) is 4.22. The Balaban J connectivity index is 0.00000208. The number of benzene rings is 1. The number of anilines is 1. The Morgan fingerprint density at radius 3 is 2.42 bits per heavy atom. The van der Waals surface area contributed by atoms with Gasteiger partial charge in [-0.25, -0.2) is 0 Å². The molecule has 0 bridgehead atoms. The molecule has 0 radical (unpaired) electrons. The normalized spacial score (nSPS) is 24.1. The zero-order valence-electron chi connectivity index (χ0n) is 14.6. The van der Waals surface area contributed by atoms with Crippen LogP contribution in [0.1, 0.15) is 45.4 Å². The minimum atomic E-state index is 0. The lowest BCUT2D eigenvalue weighted by Gasteiger charge is -2.31. The van der Waals surface area contributed by atoms with Crippen molar-refractivity contribution in [1.82, 2.24) is 0 Å². The first-order chi connectivity index (χ1) is 11.1. The molecule has 5 heteroatoms. The van der Waals surface area contributed by atoms with Gasteiger partial charge in [0.25, 0.3) is 0 Å². The maximum absolute atomic E-state index is 13.0. The number of nitrogens with zero attached hydrogens (tertiary/aromatic N) is 1. The number of hydrogen-bond donors (Lipinski definition) is 1. The molecule has 0 aromatic heterocycles. The monoisotopic (exact) mass is 352 g/mol. The van der Waals surface area contributed by atoms with E-state index in [0.717, 1.165) is 30.7 Å². The number of carbonyl (C=O) groups excluding carboxylic acids is 1. The van der Waals surface area contributed by atoms with Crippen molar-refractivity contribution in [3.05, 3.63) is 24.3 Å². The molecule has 1 aromatic rings. The van der Waals surface area contributed by atoms with Crippen LogP contribution >= 0.6 is 12.4 Å². The molecule has 3 atom stereocenters. The summed E-state index contributed by atoms with van der Waals surface area (Å²) in [5, 5.41) is 0. The lowest BCUT2D eigenvalue weighted by atomic mass is 9.98. The minimum absolute atomic E-state index is 0. The number of nitrogens with two attached hydrogens (primary N) is 1. The smallest absolute Gasteiger partial charge is 0.227 e. The summed E-state index contributed by atoms with van der Waals surface area (Å²) in [6, 6.07) is 8.28. The molecule has 2 N–H and O–H groups in total. The van der Waals surface area contributed by atoms with Gasteiger partial charge in [-0.15, -0.1) is 12.4 Å². The van der Waals surface area contributed by atoms with Crippen molar-refractivity contribution < 1.29 is 9.53 Å². The Morgan fingerprint density at radius 2 is 1.92 bits per heavy atom. The average molecular weight is 353 g/mol. The molecule has 134 valence electrons. The largest absolute Gasteiger partial charge is 0.497 e. The molecular formula is C19H29ClN2O2. The maximum Gasteiger partial charge on any atom is 0.227 e. The molecule has 0 saturated heterocycles. The van der Waals surface area contributed by atoms with Crippen LogP contribution in [0.15, 0.2) is 24.3 Å². The molecule has 4 nitrogen and oxygen atoms in total. The van der Waals surface area contributed by atoms with Crippen LogP contribution in [0.2, 0.25) is 0 Å². The highest BCUT2D eigenvalue weighted by atomic mass is 35.5. The van der Waals surface area contributed by atoms with E-state index < -0.39 is 0 Å². The number of carbonyl (C=O) groups is 1. The molecule has 0 heterocycles. The maximum atomic E-state index is 13.0. The first-order valence-corrected chi connectivity index (χ1v) is 8.82. The molecule has 24 heavy (non-hydrogen) atoms. The van der Waals surface area contributed by atoms with Gasteiger partial charge in [-0.2, -0.15) is 0 Å². The number of methoxy groups -OCH3 is 1. The Hall–Kier alpha value is -1.26. The van der Waals surface area contributed by atoms with Crippen molar-refractivity contribution in [2.45, 2.75) is 57.5 Å². The third-order valence-electron chi connectivity index (χ3n) is 5.49. The van der Waals surface area contributed by atoms with Gasteiger partial charge < -0.3 is 15.4 Å². The van der Waals surface area contributed by atoms with Gasteiger partial charge in [0.15, 0.2) is 0 Å². The van der Waals surface area contributed by atoms with Gasteiger partial charge in [0.1, 0.15) is 5.75 Å². The number of ether oxygens (including phenoxy) is 1. The zero-order chi connectivity index (χ0) is 16.4. The number of halogens is 1. The van der Waals surface area contributed by atoms with Gasteiger partial charge >= 0.3 is 0 Å². The standard InChI is InChI=1S/C19H28N2O2.ClH/c1-13(14-6-7-14)21(16-8-10-17(23-2)11-9-16)19(22)12-15-4-3-5-18(15)20;/h8-11,13-15,18H,3-7,12,20H2,1-2H3;1H/t13?,15-,18+;/m0./s1. The van der Waals surface area contributed by atoms with Gasteiger partial charge in [-0.3, -0.25) is 4.79 Å². The second-order valence-corrected chi connectivity index (χ2v) is 7.10. The predicted molar refractivity (Wildman–Crippen MR) is 99.8 cm³/mol. The SMILES string of the molecule is COc1ccc(N(C(=O)C[C@@H]2CCC[C@H]2N)C(C)C2CC2)cc1.Cl. The average Bonchev–Trinajstić information content (AvgIpc) is 3.33. The van der Waals surface area contributed by atoms with Gasteiger partial charge in [0.05, 0.1) is 7.11 Å². The van der Waals surface area contributed by atoms with Crippen LogP contribution in [0.5, 0.6) is 5.75 Å². The fraction of sp³-hybridized carbons (Fsp3) is 0.632. The molecule has 0 spiro atoms. The van der Waals surface area contributed by atoms with Crippen LogP contribution in [-0.4, -0.2) is 25.1 Å². The molecule has 2 aliphatic carbocycles. The summed E-state index contributed by atoms with van der Waals surface area (Å²) in [5.41, 5.74) is 7.14. The topological polar surface area (TPSA) is 55.6 Å². The van der Waals surface area contributed by atoms with Crippen LogP contribution < -0.4 is 15.4 Å². The summed E-state index contributed by atoms with van der Waals surface area (Å²) in [7, 11) is 1.66. The van der Waals surface area contributed by atoms with Crippen LogP contribution in [0.4, 0.5) is 5.69 Å². The fourth-order valence-corrected chi connectivity index (χ4v) is 3.78. The highest BCUT2D eigenvalue weighted by molar-refractivity contribution is 5.94. The van der Waals surface area contributed by atoms with E-state index in [4.69, 9.17) is 10.5 Å². The second-order valence-electron chi connectivity index (χ2n) is 7.10. The fourth-order valence-electron chi connectivity index (χ4n) is 3.78. The summed E-state index contributed by atoms with van der Waals surface area (Å²) in [6.07, 6.45) is 6.32. The summed E-state index contributed by atoms with van der Waals surface area (Å²) in [5.74, 6) is 2.02. The van der Waals surface area contributed by atoms with Gasteiger partial charge in [0, 0.05) is 24.2 Å². The van der Waals surface area contributed by atoms with Crippen LogP contribution in [0.3, 0.4) is 0 Å². The highest BCUT2D eigenvalue weighted by Gasteiger charge is 2.36. The minimum Gasteiger partial charge on any atom is -0.497 e. The van der Waals surface area contributed by atoms with E-state index in [1.54, 1.807) is 7.11 Å². The first-order valence-electron chi connectivity index (χ1n) is 8.82. The summed E-state index contributed by atoms with van der Waals surface area (Å²) >= 11 is 0. The molecule has 1 amide bonds. The van der Waals surface area contributed by atoms with Gasteiger partial charge in [-0.05, 0) is 68.7 Å². The summed E-state index contributed by atoms with van der Waals surface area (Å²) < 4.78 is 5.23. The van der Waals surface area contributed by atoms with E-state index in [9.17, 15) is 4.79 Å². The van der Waals surface area contributed by atoms with E-state index in [0.29, 0.717) is 18.3 Å². The van der Waals surface area contributed by atoms with E-state index in [2.05, 4.69) is 6.92 Å². The zero-order valence-corrected chi connectivity index (χ0v) is 15.4. The molecule has 0 aliphatic heterocycles. The molecule has 2 fully saturated rings. The van der Waals surface area contributed by atoms with Crippen molar-refractivity contribution in [3.8, 4) is 5.75 Å². The number of amides is 1. The van der Waals surface area contributed by atoms with Crippen LogP contribution in [0, 0.1) is 11.8 Å². The Bertz CT molecular complexity index is 545. The van der Waals surface area contributed by atoms with Crippen molar-refractivity contribution in [2.75, 3.05) is 12.0 Å². The van der Waals surface area contributed by atoms with Crippen molar-refractivity contribution in [3.63, 3.8) is 0 Å². The molecule has 3 rings (SSSR count). The Labute approximate surface area is 151 Å². The number of hydrogen-bond acceptors (Lipinski definition) is 3. The first kappa shape index (κ1) is 19.1. The van der Waals surface area contributed by atoms with E-state index in [-0.39, 0.29) is 30.4 Å². The quantitative estimate of drug-likeness (QED) is 0.847. The lowest BCUT2D eigenvalue weighted by Crippen LogP contribution is -2.42. The highest BCUT2D eigenvalue weighted by Crippen LogP contribution is 2.38. The van der Waals surface area contributed by atoms with Crippen molar-refractivity contribution >= 4 is 24.0 Å². The third-order valence-corrected chi connectivity index (χ3v) is 5.49. The summed E-state index contributed by atoms with van der Waals surface area (Å²) in [4.78, 5) is 15.0. The molecule has 2 saturated carbocycles. The molecule has 2 aliphatic rings. The van der Waals surface area contributed by atoms with Gasteiger partial charge in [0.2, 0.25) is 5.91 Å². The second kappa shape index (κ2) is 8.21. The molecule has 1 aromatic carbocycles. The molecule has 1 unspecified atom stereocenters. The summed E-state index contributed by atoms with van der Waals surface area (Å²) in [6.45, 7) is 2.17. The van der Waals surface area contributed by atoms with E-state index >= 15 is 0 Å².